The molecule has 0 heterocycles. The minimum Gasteiger partial charge on any atom is -0.481 e. The third-order valence-corrected chi connectivity index (χ3v) is 4.47. The van der Waals surface area contributed by atoms with Crippen molar-refractivity contribution in [3.8, 4) is 0 Å². The van der Waals surface area contributed by atoms with E-state index in [4.69, 9.17) is 25.1 Å². The Kier molecular flexibility index (Phi) is 5.67. The zero-order chi connectivity index (χ0) is 15.4. The van der Waals surface area contributed by atoms with Crippen LogP contribution in [-0.2, 0) is 18.9 Å². The van der Waals surface area contributed by atoms with Gasteiger partial charge in [0.2, 0.25) is 0 Å². The summed E-state index contributed by atoms with van der Waals surface area (Å²) >= 11 is 0. The van der Waals surface area contributed by atoms with Crippen LogP contribution in [0.5, 0.6) is 0 Å². The van der Waals surface area contributed by atoms with E-state index < -0.39 is 49.4 Å². The molecule has 0 spiro atoms. The predicted octanol–water partition coefficient (Wildman–Crippen LogP) is -0.0369. The first-order valence-electron chi connectivity index (χ1n) is 5.21. The summed E-state index contributed by atoms with van der Waals surface area (Å²) in [5.41, 5.74) is 0. The fourth-order valence-corrected chi connectivity index (χ4v) is 2.69. The van der Waals surface area contributed by atoms with E-state index >= 15 is 0 Å². The van der Waals surface area contributed by atoms with Crippen LogP contribution in [0.15, 0.2) is 0 Å². The molecule has 5 N–H and O–H groups in total. The van der Waals surface area contributed by atoms with Gasteiger partial charge in [-0.05, 0) is 12.8 Å². The van der Waals surface area contributed by atoms with Gasteiger partial charge in [-0.1, -0.05) is 6.92 Å². The van der Waals surface area contributed by atoms with E-state index in [9.17, 15) is 18.9 Å². The molecule has 110 valence electrons. The highest BCUT2D eigenvalue weighted by Gasteiger charge is 2.56. The van der Waals surface area contributed by atoms with Gasteiger partial charge >= 0.3 is 25.5 Å². The van der Waals surface area contributed by atoms with E-state index in [0.717, 1.165) is 0 Å². The lowest BCUT2D eigenvalue weighted by atomic mass is 9.89. The van der Waals surface area contributed by atoms with Crippen LogP contribution in [0.25, 0.3) is 0 Å². The minimum atomic E-state index is -5.37. The Hall–Kier alpha value is -1.44. The molecule has 10 heteroatoms. The molecule has 0 aliphatic rings. The van der Waals surface area contributed by atoms with Crippen LogP contribution in [0.1, 0.15) is 26.2 Å². The second-order valence-electron chi connectivity index (χ2n) is 4.10. The molecule has 0 aliphatic carbocycles. The third kappa shape index (κ3) is 4.02. The maximum absolute atomic E-state index is 11.4. The van der Waals surface area contributed by atoms with Gasteiger partial charge in [-0.2, -0.15) is 0 Å². The Bertz CT molecular complexity index is 425. The van der Waals surface area contributed by atoms with Crippen LogP contribution in [0, 0.1) is 5.92 Å². The van der Waals surface area contributed by atoms with Crippen molar-refractivity contribution in [3.63, 3.8) is 0 Å². The number of aliphatic carboxylic acids is 3. The highest BCUT2D eigenvalue weighted by atomic mass is 31.2. The second kappa shape index (κ2) is 6.14. The second-order valence-corrected chi connectivity index (χ2v) is 6.04. The number of carboxylic acid groups (broad SMARTS) is 3. The molecule has 0 fully saturated rings. The topological polar surface area (TPSA) is 169 Å². The molecule has 2 unspecified atom stereocenters. The standard InChI is InChI=1S/C9H15O9P/c1-2-5(7(12)13)3-9(8(14)15,4-6(10)11)19(16,17)18/h5H,2-4H2,1H3,(H,10,11)(H,12,13)(H,14,15)(H2,16,17,18). The highest BCUT2D eigenvalue weighted by molar-refractivity contribution is 7.54. The zero-order valence-corrected chi connectivity index (χ0v) is 10.9. The van der Waals surface area contributed by atoms with Crippen molar-refractivity contribution in [2.24, 2.45) is 5.92 Å². The summed E-state index contributed by atoms with van der Waals surface area (Å²) in [4.78, 5) is 50.9. The first-order chi connectivity index (χ1) is 8.48. The monoisotopic (exact) mass is 298 g/mol. The summed E-state index contributed by atoms with van der Waals surface area (Å²) < 4.78 is 11.4. The number of carbonyl (C=O) groups is 3. The SMILES string of the molecule is CCC(CC(CC(=O)O)(C(=O)O)P(=O)(O)O)C(=O)O. The summed E-state index contributed by atoms with van der Waals surface area (Å²) in [6, 6.07) is 0. The number of rotatable bonds is 8. The fraction of sp³-hybridized carbons (Fsp3) is 0.667. The smallest absolute Gasteiger partial charge is 0.343 e. The molecule has 0 aromatic heterocycles. The van der Waals surface area contributed by atoms with Crippen molar-refractivity contribution in [2.75, 3.05) is 0 Å². The van der Waals surface area contributed by atoms with Gasteiger partial charge in [-0.25, -0.2) is 0 Å². The van der Waals surface area contributed by atoms with Gasteiger partial charge in [-0.3, -0.25) is 18.9 Å². The van der Waals surface area contributed by atoms with Gasteiger partial charge in [-0.15, -0.1) is 0 Å². The summed E-state index contributed by atoms with van der Waals surface area (Å²) in [6.07, 6.45) is -2.38. The Labute approximate surface area is 108 Å². The lowest BCUT2D eigenvalue weighted by Crippen LogP contribution is -2.43. The van der Waals surface area contributed by atoms with Gasteiger partial charge in [0.25, 0.3) is 0 Å². The quantitative estimate of drug-likeness (QED) is 0.386. The van der Waals surface area contributed by atoms with E-state index in [0.29, 0.717) is 0 Å². The molecular weight excluding hydrogens is 283 g/mol. The van der Waals surface area contributed by atoms with Gasteiger partial charge in [0.05, 0.1) is 12.3 Å². The molecule has 0 saturated carbocycles. The first kappa shape index (κ1) is 17.6. The van der Waals surface area contributed by atoms with Crippen LogP contribution in [0.3, 0.4) is 0 Å². The molecular formula is C9H15O9P. The van der Waals surface area contributed by atoms with E-state index in [1.165, 1.54) is 6.92 Å². The lowest BCUT2D eigenvalue weighted by Gasteiger charge is -2.30. The first-order valence-corrected chi connectivity index (χ1v) is 6.82. The van der Waals surface area contributed by atoms with Gasteiger partial charge in [0, 0.05) is 0 Å². The van der Waals surface area contributed by atoms with E-state index in [1.807, 2.05) is 0 Å². The average molecular weight is 298 g/mol. The minimum absolute atomic E-state index is 0.0794. The molecule has 0 rings (SSSR count). The van der Waals surface area contributed by atoms with Crippen molar-refractivity contribution in [3.05, 3.63) is 0 Å². The molecule has 0 bridgehead atoms. The molecule has 0 amide bonds. The molecule has 0 aliphatic heterocycles. The summed E-state index contributed by atoms with van der Waals surface area (Å²) in [5.74, 6) is -6.55. The number of carboxylic acids is 3. The van der Waals surface area contributed by atoms with Crippen molar-refractivity contribution < 1.29 is 44.1 Å². The molecule has 0 aromatic rings. The molecule has 0 radical (unpaired) electrons. The van der Waals surface area contributed by atoms with Gasteiger partial charge < -0.3 is 25.1 Å². The maximum atomic E-state index is 11.4. The van der Waals surface area contributed by atoms with Crippen LogP contribution in [0.4, 0.5) is 0 Å². The highest BCUT2D eigenvalue weighted by Crippen LogP contribution is 2.56. The number of hydrogen-bond donors (Lipinski definition) is 5. The summed E-state index contributed by atoms with van der Waals surface area (Å²) in [5, 5.41) is 23.5. The van der Waals surface area contributed by atoms with Crippen LogP contribution >= 0.6 is 7.60 Å². The number of hydrogen-bond acceptors (Lipinski definition) is 4. The van der Waals surface area contributed by atoms with Crippen molar-refractivity contribution in [2.45, 2.75) is 31.3 Å². The molecule has 19 heavy (non-hydrogen) atoms. The normalized spacial score (nSPS) is 16.4. The third-order valence-electron chi connectivity index (χ3n) is 2.83. The molecule has 0 aromatic carbocycles. The molecule has 0 saturated heterocycles. The Morgan fingerprint density at radius 2 is 1.63 bits per heavy atom. The average Bonchev–Trinajstić information content (AvgIpc) is 2.20. The maximum Gasteiger partial charge on any atom is 0.343 e. The van der Waals surface area contributed by atoms with Crippen molar-refractivity contribution in [1.29, 1.82) is 0 Å². The Morgan fingerprint density at radius 3 is 1.84 bits per heavy atom. The van der Waals surface area contributed by atoms with Crippen LogP contribution < -0.4 is 0 Å². The summed E-state index contributed by atoms with van der Waals surface area (Å²) in [7, 11) is -5.37. The Balaban J connectivity index is 5.72. The van der Waals surface area contributed by atoms with E-state index in [1.54, 1.807) is 0 Å². The fourth-order valence-electron chi connectivity index (χ4n) is 1.65. The van der Waals surface area contributed by atoms with E-state index in [2.05, 4.69) is 0 Å². The lowest BCUT2D eigenvalue weighted by molar-refractivity contribution is -0.150. The van der Waals surface area contributed by atoms with Gasteiger partial charge in [0.15, 0.2) is 5.16 Å². The summed E-state index contributed by atoms with van der Waals surface area (Å²) in [6.45, 7) is 1.39. The Morgan fingerprint density at radius 1 is 1.16 bits per heavy atom. The largest absolute Gasteiger partial charge is 0.481 e. The van der Waals surface area contributed by atoms with E-state index in [-0.39, 0.29) is 6.42 Å². The van der Waals surface area contributed by atoms with Crippen molar-refractivity contribution in [1.82, 2.24) is 0 Å². The van der Waals surface area contributed by atoms with Crippen LogP contribution in [0.2, 0.25) is 0 Å². The van der Waals surface area contributed by atoms with Gasteiger partial charge in [0.1, 0.15) is 0 Å². The predicted molar refractivity (Wildman–Crippen MR) is 60.7 cm³/mol. The molecule has 2 atom stereocenters. The molecule has 9 nitrogen and oxygen atoms in total. The zero-order valence-electron chi connectivity index (χ0n) is 10.0. The van der Waals surface area contributed by atoms with Crippen LogP contribution in [-0.4, -0.2) is 48.2 Å². The van der Waals surface area contributed by atoms with Crippen molar-refractivity contribution >= 4 is 25.5 Å².